The number of ether oxygens (including phenoxy) is 4. The van der Waals surface area contributed by atoms with E-state index in [-0.39, 0.29) is 12.5 Å². The summed E-state index contributed by atoms with van der Waals surface area (Å²) in [6.45, 7) is 2.85. The zero-order valence-electron chi connectivity index (χ0n) is 17.9. The molecule has 0 atom stereocenters. The van der Waals surface area contributed by atoms with Crippen LogP contribution in [0.2, 0.25) is 0 Å². The summed E-state index contributed by atoms with van der Waals surface area (Å²) in [5.41, 5.74) is 1.93. The number of carbonyl (C=O) groups excluding carboxylic acids is 2. The van der Waals surface area contributed by atoms with Gasteiger partial charge in [-0.05, 0) is 24.3 Å². The van der Waals surface area contributed by atoms with Gasteiger partial charge in [0.15, 0.2) is 0 Å². The number of para-hydroxylation sites is 1. The third-order valence-electron chi connectivity index (χ3n) is 4.91. The molecule has 0 spiro atoms. The van der Waals surface area contributed by atoms with Crippen LogP contribution in [0.4, 0.5) is 5.69 Å². The molecule has 1 aliphatic heterocycles. The van der Waals surface area contributed by atoms with E-state index in [1.807, 2.05) is 24.3 Å². The zero-order valence-corrected chi connectivity index (χ0v) is 17.9. The van der Waals surface area contributed by atoms with E-state index in [9.17, 15) is 9.59 Å². The summed E-state index contributed by atoms with van der Waals surface area (Å²) in [6.07, 6.45) is 0.647. The maximum Gasteiger partial charge on any atom is 0.341 e. The summed E-state index contributed by atoms with van der Waals surface area (Å²) in [5, 5.41) is 3.03. The highest BCUT2D eigenvalue weighted by molar-refractivity contribution is 5.98. The van der Waals surface area contributed by atoms with E-state index in [2.05, 4.69) is 5.32 Å². The number of methoxy groups -OCH3 is 2. The number of nitrogens with one attached hydrogen (secondary N) is 1. The second-order valence-electron chi connectivity index (χ2n) is 6.96. The van der Waals surface area contributed by atoms with Crippen molar-refractivity contribution in [2.75, 3.05) is 52.0 Å². The van der Waals surface area contributed by atoms with Gasteiger partial charge in [0, 0.05) is 30.8 Å². The van der Waals surface area contributed by atoms with Crippen LogP contribution < -0.4 is 19.7 Å². The zero-order chi connectivity index (χ0) is 22.1. The van der Waals surface area contributed by atoms with Gasteiger partial charge in [-0.15, -0.1) is 0 Å². The summed E-state index contributed by atoms with van der Waals surface area (Å²) in [6, 6.07) is 12.8. The van der Waals surface area contributed by atoms with Gasteiger partial charge in [-0.2, -0.15) is 0 Å². The SMILES string of the molecule is COC(=O)c1cc(N2CCNCC2=O)ccc1OCCCOCc1ccccc1OC. The van der Waals surface area contributed by atoms with Crippen LogP contribution in [0.1, 0.15) is 22.3 Å². The number of hydrogen-bond acceptors (Lipinski definition) is 7. The van der Waals surface area contributed by atoms with Crippen molar-refractivity contribution in [1.82, 2.24) is 5.32 Å². The van der Waals surface area contributed by atoms with Crippen molar-refractivity contribution >= 4 is 17.6 Å². The lowest BCUT2D eigenvalue weighted by Crippen LogP contribution is -2.48. The molecular formula is C23H28N2O6. The molecule has 8 heteroatoms. The number of amides is 1. The van der Waals surface area contributed by atoms with Gasteiger partial charge in [0.2, 0.25) is 5.91 Å². The minimum atomic E-state index is -0.508. The lowest BCUT2D eigenvalue weighted by Gasteiger charge is -2.28. The first-order chi connectivity index (χ1) is 15.1. The van der Waals surface area contributed by atoms with Crippen molar-refractivity contribution in [3.63, 3.8) is 0 Å². The van der Waals surface area contributed by atoms with Crippen molar-refractivity contribution in [1.29, 1.82) is 0 Å². The molecule has 1 heterocycles. The molecule has 0 aromatic heterocycles. The molecule has 3 rings (SSSR count). The summed E-state index contributed by atoms with van der Waals surface area (Å²) >= 11 is 0. The van der Waals surface area contributed by atoms with Crippen LogP contribution in [0.25, 0.3) is 0 Å². The highest BCUT2D eigenvalue weighted by Gasteiger charge is 2.22. The van der Waals surface area contributed by atoms with Crippen molar-refractivity contribution < 1.29 is 28.5 Å². The third kappa shape index (κ3) is 5.96. The van der Waals surface area contributed by atoms with Gasteiger partial charge in [0.05, 0.1) is 40.6 Å². The van der Waals surface area contributed by atoms with Crippen LogP contribution in [0.15, 0.2) is 42.5 Å². The molecule has 1 saturated heterocycles. The standard InChI is InChI=1S/C23H28N2O6/c1-28-20-7-4-3-6-17(20)16-30-12-5-13-31-21-9-8-18(14-19(21)23(27)29-2)25-11-10-24-15-22(25)26/h3-4,6-9,14,24H,5,10-13,15-16H2,1-2H3. The van der Waals surface area contributed by atoms with Gasteiger partial charge in [-0.1, -0.05) is 18.2 Å². The maximum absolute atomic E-state index is 12.2. The van der Waals surface area contributed by atoms with E-state index < -0.39 is 5.97 Å². The Hall–Kier alpha value is -3.10. The van der Waals surface area contributed by atoms with Crippen LogP contribution in [-0.4, -0.2) is 58.9 Å². The Kier molecular flexibility index (Phi) is 8.26. The minimum absolute atomic E-state index is 0.0390. The monoisotopic (exact) mass is 428 g/mol. The Balaban J connectivity index is 1.54. The Labute approximate surface area is 182 Å². The van der Waals surface area contributed by atoms with E-state index in [1.54, 1.807) is 30.2 Å². The van der Waals surface area contributed by atoms with Gasteiger partial charge < -0.3 is 29.2 Å². The molecule has 2 aromatic rings. The lowest BCUT2D eigenvalue weighted by atomic mass is 10.1. The molecule has 1 aliphatic rings. The van der Waals surface area contributed by atoms with Crippen molar-refractivity contribution in [3.8, 4) is 11.5 Å². The molecule has 0 radical (unpaired) electrons. The predicted octanol–water partition coefficient (Wildman–Crippen LogP) is 2.40. The Bertz CT molecular complexity index is 901. The number of nitrogens with zero attached hydrogens (tertiary/aromatic N) is 1. The first-order valence-electron chi connectivity index (χ1n) is 10.2. The van der Waals surface area contributed by atoms with Crippen LogP contribution in [-0.2, 0) is 20.9 Å². The highest BCUT2D eigenvalue weighted by atomic mass is 16.5. The number of anilines is 1. The third-order valence-corrected chi connectivity index (χ3v) is 4.91. The summed E-state index contributed by atoms with van der Waals surface area (Å²) in [4.78, 5) is 26.0. The van der Waals surface area contributed by atoms with Gasteiger partial charge in [0.1, 0.15) is 17.1 Å². The van der Waals surface area contributed by atoms with E-state index in [1.165, 1.54) is 7.11 Å². The maximum atomic E-state index is 12.2. The molecule has 2 aromatic carbocycles. The second kappa shape index (κ2) is 11.3. The second-order valence-corrected chi connectivity index (χ2v) is 6.96. The normalized spacial score (nSPS) is 13.7. The van der Waals surface area contributed by atoms with Gasteiger partial charge in [0.25, 0.3) is 0 Å². The molecule has 1 fully saturated rings. The molecule has 1 N–H and O–H groups in total. The smallest absolute Gasteiger partial charge is 0.341 e. The summed E-state index contributed by atoms with van der Waals surface area (Å²) in [7, 11) is 2.95. The molecule has 1 amide bonds. The average molecular weight is 428 g/mol. The molecule has 8 nitrogen and oxygen atoms in total. The Morgan fingerprint density at radius 1 is 1.10 bits per heavy atom. The van der Waals surface area contributed by atoms with Gasteiger partial charge in [-0.3, -0.25) is 4.79 Å². The minimum Gasteiger partial charge on any atom is -0.496 e. The van der Waals surface area contributed by atoms with Gasteiger partial charge in [-0.25, -0.2) is 4.79 Å². The first kappa shape index (κ1) is 22.6. The molecule has 0 aliphatic carbocycles. The molecule has 166 valence electrons. The van der Waals surface area contributed by atoms with Crippen LogP contribution in [0, 0.1) is 0 Å². The first-order valence-corrected chi connectivity index (χ1v) is 10.2. The fourth-order valence-corrected chi connectivity index (χ4v) is 3.31. The molecular weight excluding hydrogens is 400 g/mol. The van der Waals surface area contributed by atoms with Gasteiger partial charge >= 0.3 is 5.97 Å². The van der Waals surface area contributed by atoms with Crippen molar-refractivity contribution in [2.24, 2.45) is 0 Å². The number of esters is 1. The molecule has 0 bridgehead atoms. The van der Waals surface area contributed by atoms with E-state index in [0.717, 1.165) is 11.3 Å². The number of rotatable bonds is 10. The average Bonchev–Trinajstić information content (AvgIpc) is 2.81. The molecule has 0 saturated carbocycles. The van der Waals surface area contributed by atoms with E-state index in [0.29, 0.717) is 56.3 Å². The number of benzene rings is 2. The topological polar surface area (TPSA) is 86.3 Å². The van der Waals surface area contributed by atoms with Crippen LogP contribution in [0.5, 0.6) is 11.5 Å². The molecule has 0 unspecified atom stereocenters. The van der Waals surface area contributed by atoms with Crippen molar-refractivity contribution in [3.05, 3.63) is 53.6 Å². The Morgan fingerprint density at radius 3 is 2.71 bits per heavy atom. The number of piperazine rings is 1. The largest absolute Gasteiger partial charge is 0.496 e. The number of hydrogen-bond donors (Lipinski definition) is 1. The fraction of sp³-hybridized carbons (Fsp3) is 0.391. The lowest BCUT2D eigenvalue weighted by molar-refractivity contribution is -0.118. The van der Waals surface area contributed by atoms with Crippen LogP contribution in [0.3, 0.4) is 0 Å². The van der Waals surface area contributed by atoms with Crippen molar-refractivity contribution in [2.45, 2.75) is 13.0 Å². The Morgan fingerprint density at radius 2 is 1.94 bits per heavy atom. The summed E-state index contributed by atoms with van der Waals surface area (Å²) in [5.74, 6) is 0.669. The quantitative estimate of drug-likeness (QED) is 0.459. The van der Waals surface area contributed by atoms with E-state index in [4.69, 9.17) is 18.9 Å². The van der Waals surface area contributed by atoms with E-state index >= 15 is 0 Å². The number of carbonyl (C=O) groups is 2. The molecule has 31 heavy (non-hydrogen) atoms. The predicted molar refractivity (Wildman–Crippen MR) is 116 cm³/mol. The summed E-state index contributed by atoms with van der Waals surface area (Å²) < 4.78 is 21.7. The van der Waals surface area contributed by atoms with Crippen LogP contribution >= 0.6 is 0 Å². The fourth-order valence-electron chi connectivity index (χ4n) is 3.31. The highest BCUT2D eigenvalue weighted by Crippen LogP contribution is 2.27.